The molecule has 2 amide bonds. The molecule has 2 rings (SSSR count). The number of nitrogens with zero attached hydrogens (tertiary/aromatic N) is 2. The number of hydrogen-bond donors (Lipinski definition) is 0. The average Bonchev–Trinajstić information content (AvgIpc) is 2.70. The Morgan fingerprint density at radius 3 is 2.47 bits per heavy atom. The Morgan fingerprint density at radius 2 is 1.89 bits per heavy atom. The number of nitro benzene ring substituents is 1. The molecular formula is C12H10N2O5. The van der Waals surface area contributed by atoms with E-state index in [1.807, 2.05) is 0 Å². The number of carbonyl (C=O) groups excluding carboxylic acids is 3. The van der Waals surface area contributed by atoms with Crippen LogP contribution in [-0.2, 0) is 9.59 Å². The summed E-state index contributed by atoms with van der Waals surface area (Å²) < 4.78 is 0. The minimum Gasteiger partial charge on any atom is -0.292 e. The van der Waals surface area contributed by atoms with Gasteiger partial charge in [0.25, 0.3) is 5.69 Å². The third-order valence-corrected chi connectivity index (χ3v) is 2.84. The molecule has 0 N–H and O–H groups in total. The van der Waals surface area contributed by atoms with Crippen LogP contribution in [0.4, 0.5) is 5.69 Å². The number of ketones is 1. The van der Waals surface area contributed by atoms with E-state index in [1.165, 1.54) is 18.2 Å². The smallest absolute Gasteiger partial charge is 0.270 e. The van der Waals surface area contributed by atoms with Gasteiger partial charge in [0.2, 0.25) is 11.8 Å². The monoisotopic (exact) mass is 262 g/mol. The van der Waals surface area contributed by atoms with Crippen LogP contribution in [0.1, 0.15) is 23.2 Å². The van der Waals surface area contributed by atoms with E-state index < -0.39 is 10.7 Å². The van der Waals surface area contributed by atoms with Crippen molar-refractivity contribution in [3.8, 4) is 0 Å². The van der Waals surface area contributed by atoms with Crippen LogP contribution in [0.5, 0.6) is 0 Å². The molecule has 1 aromatic rings. The number of benzene rings is 1. The lowest BCUT2D eigenvalue weighted by Gasteiger charge is -2.12. The largest absolute Gasteiger partial charge is 0.292 e. The van der Waals surface area contributed by atoms with Crippen molar-refractivity contribution in [2.45, 2.75) is 12.8 Å². The predicted molar refractivity (Wildman–Crippen MR) is 63.4 cm³/mol. The van der Waals surface area contributed by atoms with Gasteiger partial charge in [0.15, 0.2) is 5.78 Å². The lowest BCUT2D eigenvalue weighted by atomic mass is 10.1. The number of carbonyl (C=O) groups is 3. The molecule has 19 heavy (non-hydrogen) atoms. The van der Waals surface area contributed by atoms with Crippen LogP contribution < -0.4 is 0 Å². The standard InChI is InChI=1S/C12H10N2O5/c15-10(7-13-11(16)4-5-12(13)17)8-2-1-3-9(6-8)14(18)19/h1-3,6H,4-5,7H2. The number of hydrogen-bond acceptors (Lipinski definition) is 5. The molecule has 1 heterocycles. The van der Waals surface area contributed by atoms with Gasteiger partial charge in [-0.2, -0.15) is 0 Å². The van der Waals surface area contributed by atoms with Crippen molar-refractivity contribution in [1.82, 2.24) is 4.90 Å². The van der Waals surface area contributed by atoms with Gasteiger partial charge in [-0.05, 0) is 0 Å². The lowest BCUT2D eigenvalue weighted by molar-refractivity contribution is -0.384. The maximum absolute atomic E-state index is 11.9. The molecule has 7 nitrogen and oxygen atoms in total. The van der Waals surface area contributed by atoms with Gasteiger partial charge in [0, 0.05) is 30.5 Å². The second-order valence-corrected chi connectivity index (χ2v) is 4.10. The van der Waals surface area contributed by atoms with E-state index in [9.17, 15) is 24.5 Å². The maximum atomic E-state index is 11.9. The molecule has 1 aromatic carbocycles. The van der Waals surface area contributed by atoms with E-state index in [0.717, 1.165) is 11.0 Å². The Kier molecular flexibility index (Phi) is 3.37. The zero-order valence-electron chi connectivity index (χ0n) is 9.87. The predicted octanol–water partition coefficient (Wildman–Crippen LogP) is 0.926. The summed E-state index contributed by atoms with van der Waals surface area (Å²) in [6.07, 6.45) is 0.224. The Labute approximate surface area is 108 Å². The molecule has 1 aliphatic heterocycles. The number of rotatable bonds is 4. The summed E-state index contributed by atoms with van der Waals surface area (Å²) in [6.45, 7) is -0.362. The summed E-state index contributed by atoms with van der Waals surface area (Å²) in [5, 5.41) is 10.6. The molecule has 0 spiro atoms. The summed E-state index contributed by atoms with van der Waals surface area (Å²) in [7, 11) is 0. The number of Topliss-reactive ketones (excluding diaryl/α,β-unsaturated/α-hetero) is 1. The molecule has 0 saturated carbocycles. The van der Waals surface area contributed by atoms with Gasteiger partial charge >= 0.3 is 0 Å². The topological polar surface area (TPSA) is 97.6 Å². The molecule has 1 fully saturated rings. The van der Waals surface area contributed by atoms with Gasteiger partial charge in [-0.1, -0.05) is 12.1 Å². The highest BCUT2D eigenvalue weighted by atomic mass is 16.6. The van der Waals surface area contributed by atoms with Crippen molar-refractivity contribution in [3.05, 3.63) is 39.9 Å². The number of likely N-dealkylation sites (tertiary alicyclic amines) is 1. The molecule has 1 aliphatic rings. The van der Waals surface area contributed by atoms with E-state index in [4.69, 9.17) is 0 Å². The Balaban J connectivity index is 2.16. The molecule has 0 unspecified atom stereocenters. The van der Waals surface area contributed by atoms with Crippen LogP contribution in [-0.4, -0.2) is 34.0 Å². The molecule has 0 atom stereocenters. The van der Waals surface area contributed by atoms with Gasteiger partial charge in [0.05, 0.1) is 11.5 Å². The molecule has 0 radical (unpaired) electrons. The maximum Gasteiger partial charge on any atom is 0.270 e. The molecule has 0 bridgehead atoms. The van der Waals surface area contributed by atoms with Gasteiger partial charge < -0.3 is 0 Å². The zero-order chi connectivity index (χ0) is 14.0. The first-order valence-corrected chi connectivity index (χ1v) is 5.60. The minimum atomic E-state index is -0.608. The summed E-state index contributed by atoms with van der Waals surface area (Å²) in [5.74, 6) is -1.26. The first-order chi connectivity index (χ1) is 8.99. The average molecular weight is 262 g/mol. The number of nitro groups is 1. The first-order valence-electron chi connectivity index (χ1n) is 5.60. The van der Waals surface area contributed by atoms with E-state index in [1.54, 1.807) is 0 Å². The van der Waals surface area contributed by atoms with Crippen molar-refractivity contribution < 1.29 is 19.3 Å². The quantitative estimate of drug-likeness (QED) is 0.348. The van der Waals surface area contributed by atoms with Crippen molar-refractivity contribution in [3.63, 3.8) is 0 Å². The minimum absolute atomic E-state index is 0.112. The summed E-state index contributed by atoms with van der Waals surface area (Å²) in [4.78, 5) is 45.5. The molecule has 0 aromatic heterocycles. The summed E-state index contributed by atoms with van der Waals surface area (Å²) in [6, 6.07) is 5.20. The van der Waals surface area contributed by atoms with Gasteiger partial charge in [-0.3, -0.25) is 29.4 Å². The van der Waals surface area contributed by atoms with Gasteiger partial charge in [-0.15, -0.1) is 0 Å². The number of imide groups is 1. The Bertz CT molecular complexity index is 565. The highest BCUT2D eigenvalue weighted by Crippen LogP contribution is 2.16. The van der Waals surface area contributed by atoms with Gasteiger partial charge in [-0.25, -0.2) is 0 Å². The van der Waals surface area contributed by atoms with Crippen molar-refractivity contribution in [1.29, 1.82) is 0 Å². The third kappa shape index (κ3) is 2.65. The zero-order valence-corrected chi connectivity index (χ0v) is 9.87. The van der Waals surface area contributed by atoms with Crippen LogP contribution in [0.3, 0.4) is 0 Å². The molecule has 7 heteroatoms. The fraction of sp³-hybridized carbons (Fsp3) is 0.250. The van der Waals surface area contributed by atoms with E-state index in [-0.39, 0.29) is 42.5 Å². The van der Waals surface area contributed by atoms with Crippen LogP contribution in [0.25, 0.3) is 0 Å². The van der Waals surface area contributed by atoms with Crippen LogP contribution in [0.2, 0.25) is 0 Å². The van der Waals surface area contributed by atoms with Gasteiger partial charge in [0.1, 0.15) is 0 Å². The number of amides is 2. The molecule has 1 saturated heterocycles. The van der Waals surface area contributed by atoms with Crippen LogP contribution in [0, 0.1) is 10.1 Å². The SMILES string of the molecule is O=C(CN1C(=O)CCC1=O)c1cccc([N+](=O)[O-])c1. The second-order valence-electron chi connectivity index (χ2n) is 4.10. The summed E-state index contributed by atoms with van der Waals surface area (Å²) >= 11 is 0. The number of non-ortho nitro benzene ring substituents is 1. The third-order valence-electron chi connectivity index (χ3n) is 2.84. The van der Waals surface area contributed by atoms with Crippen molar-refractivity contribution >= 4 is 23.3 Å². The lowest BCUT2D eigenvalue weighted by Crippen LogP contribution is -2.34. The highest BCUT2D eigenvalue weighted by Gasteiger charge is 2.30. The van der Waals surface area contributed by atoms with Crippen molar-refractivity contribution in [2.24, 2.45) is 0 Å². The fourth-order valence-electron chi connectivity index (χ4n) is 1.83. The van der Waals surface area contributed by atoms with Crippen LogP contribution >= 0.6 is 0 Å². The summed E-state index contributed by atoms with van der Waals surface area (Å²) in [5.41, 5.74) is -0.0911. The van der Waals surface area contributed by atoms with E-state index in [0.29, 0.717) is 0 Å². The Hall–Kier alpha value is -2.57. The highest BCUT2D eigenvalue weighted by molar-refractivity contribution is 6.08. The van der Waals surface area contributed by atoms with Crippen LogP contribution in [0.15, 0.2) is 24.3 Å². The Morgan fingerprint density at radius 1 is 1.26 bits per heavy atom. The first kappa shape index (κ1) is 12.9. The molecular weight excluding hydrogens is 252 g/mol. The van der Waals surface area contributed by atoms with Crippen molar-refractivity contribution in [2.75, 3.05) is 6.54 Å². The van der Waals surface area contributed by atoms with E-state index >= 15 is 0 Å². The second kappa shape index (κ2) is 4.97. The molecule has 0 aliphatic carbocycles. The molecule has 98 valence electrons. The fourth-order valence-corrected chi connectivity index (χ4v) is 1.83. The normalized spacial score (nSPS) is 14.8. The van der Waals surface area contributed by atoms with E-state index in [2.05, 4.69) is 0 Å².